The molecular weight excluding hydrogens is 376 g/mol. The summed E-state index contributed by atoms with van der Waals surface area (Å²) in [5, 5.41) is 15.9. The molecule has 0 bridgehead atoms. The number of carbonyl (C=O) groups is 1. The third-order valence-corrected chi connectivity index (χ3v) is 4.50. The number of fused-ring (bicyclic) bond motifs is 1. The molecule has 0 aromatic heterocycles. The first-order valence-corrected chi connectivity index (χ1v) is 9.31. The van der Waals surface area contributed by atoms with Crippen LogP contribution in [0, 0.1) is 12.8 Å². The Kier molecular flexibility index (Phi) is 16.0. The summed E-state index contributed by atoms with van der Waals surface area (Å²) in [6, 6.07) is 15.2. The molecule has 0 unspecified atom stereocenters. The topological polar surface area (TPSA) is 86.8 Å². The Morgan fingerprint density at radius 1 is 1.13 bits per heavy atom. The van der Waals surface area contributed by atoms with Crippen LogP contribution in [0.5, 0.6) is 0 Å². The smallest absolute Gasteiger partial charge is 0.116 e. The average molecular weight is 411 g/mol. The molecule has 1 aliphatic rings. The molecule has 2 aromatic carbocycles. The van der Waals surface area contributed by atoms with Gasteiger partial charge in [-0.05, 0) is 55.5 Å². The summed E-state index contributed by atoms with van der Waals surface area (Å²) in [4.78, 5) is 11.2. The van der Waals surface area contributed by atoms with Gasteiger partial charge in [0.05, 0.1) is 0 Å². The van der Waals surface area contributed by atoms with Crippen molar-refractivity contribution < 1.29 is 15.1 Å². The summed E-state index contributed by atoms with van der Waals surface area (Å²) < 4.78 is 0. The van der Waals surface area contributed by atoms with Gasteiger partial charge in [-0.2, -0.15) is 0 Å². The highest BCUT2D eigenvalue weighted by Crippen LogP contribution is 2.33. The largest absolute Gasteiger partial charge is 0.508 e. The van der Waals surface area contributed by atoms with E-state index in [2.05, 4.69) is 75.6 Å². The maximum absolute atomic E-state index is 9.40. The van der Waals surface area contributed by atoms with Gasteiger partial charge < -0.3 is 20.0 Å². The van der Waals surface area contributed by atoms with Crippen molar-refractivity contribution in [2.75, 3.05) is 11.9 Å². The average Bonchev–Trinajstić information content (AvgIpc) is 2.81. The molecule has 1 aliphatic heterocycles. The minimum absolute atomic E-state index is 0.114. The van der Waals surface area contributed by atoms with E-state index in [-0.39, 0.29) is 5.76 Å². The molecule has 5 nitrogen and oxygen atoms in total. The number of aliphatic hydroxyl groups excluding tert-OH is 1. The number of aldehydes is 1. The Balaban J connectivity index is 0. The monoisotopic (exact) mass is 410 g/mol. The molecule has 4 N–H and O–H groups in total. The summed E-state index contributed by atoms with van der Waals surface area (Å²) in [6.07, 6.45) is 11.1. The number of aliphatic hydroxyl groups is 1. The number of rotatable bonds is 2. The third kappa shape index (κ3) is 8.36. The summed E-state index contributed by atoms with van der Waals surface area (Å²) in [7, 11) is 2.17. The number of carbonyl (C=O) groups excluding carboxylic acids is 1. The molecule has 0 saturated carbocycles. The lowest BCUT2D eigenvalue weighted by atomic mass is 9.93. The van der Waals surface area contributed by atoms with Gasteiger partial charge in [-0.15, -0.1) is 26.0 Å². The molecule has 0 spiro atoms. The Bertz CT molecular complexity index is 783. The zero-order chi connectivity index (χ0) is 23.7. The van der Waals surface area contributed by atoms with E-state index < -0.39 is 0 Å². The zero-order valence-corrected chi connectivity index (χ0v) is 18.2. The highest BCUT2D eigenvalue weighted by Gasteiger charge is 2.19. The second-order valence-corrected chi connectivity index (χ2v) is 6.10. The number of benzene rings is 2. The van der Waals surface area contributed by atoms with E-state index in [1.54, 1.807) is 0 Å². The lowest BCUT2D eigenvalue weighted by Gasteiger charge is -2.34. The van der Waals surface area contributed by atoms with Crippen molar-refractivity contribution in [2.45, 2.75) is 32.7 Å². The SMILES string of the molecule is C#C.C=C.C=C(O)c1ccc(-c2ccc3c(c2)CC[C@H](C)N3C)cc1.CC=O.NO. The molecule has 0 saturated heterocycles. The number of anilines is 1. The Morgan fingerprint density at radius 2 is 1.60 bits per heavy atom. The van der Waals surface area contributed by atoms with Crippen LogP contribution in [0.4, 0.5) is 5.69 Å². The van der Waals surface area contributed by atoms with E-state index in [1.165, 1.54) is 35.7 Å². The molecule has 3 rings (SSSR count). The van der Waals surface area contributed by atoms with Gasteiger partial charge in [-0.25, -0.2) is 5.90 Å². The molecule has 1 heterocycles. The van der Waals surface area contributed by atoms with E-state index in [0.29, 0.717) is 6.04 Å². The number of aryl methyl sites for hydroxylation is 1. The summed E-state index contributed by atoms with van der Waals surface area (Å²) in [6.45, 7) is 13.3. The van der Waals surface area contributed by atoms with Crippen LogP contribution in [0.15, 0.2) is 62.2 Å². The number of nitrogens with two attached hydrogens (primary N) is 1. The van der Waals surface area contributed by atoms with E-state index in [9.17, 15) is 5.11 Å². The Morgan fingerprint density at radius 3 is 2.07 bits per heavy atom. The molecule has 5 heteroatoms. The standard InChI is InChI=1S/C19H21NO.C2H4O.C2H4.C2H2.H3NO/c1-13-4-5-18-12-17(10-11-19(18)20(13)3)16-8-6-15(7-9-16)14(2)21;1-2-3;3*1-2/h6-13,21H,2,4-5H2,1,3H3;2H,1H3;1-2H2;1-2H;2H,1H2/t13-;;;;/m0..../s1. The van der Waals surface area contributed by atoms with E-state index in [0.717, 1.165) is 18.3 Å². The van der Waals surface area contributed by atoms with Crippen LogP contribution in [-0.2, 0) is 11.2 Å². The normalized spacial score (nSPS) is 13.0. The third-order valence-electron chi connectivity index (χ3n) is 4.50. The van der Waals surface area contributed by atoms with E-state index in [4.69, 9.17) is 10.0 Å². The fourth-order valence-electron chi connectivity index (χ4n) is 2.96. The summed E-state index contributed by atoms with van der Waals surface area (Å²) in [5.41, 5.74) is 5.93. The van der Waals surface area contributed by atoms with Crippen molar-refractivity contribution >= 4 is 17.7 Å². The van der Waals surface area contributed by atoms with Gasteiger partial charge in [0.1, 0.15) is 12.0 Å². The van der Waals surface area contributed by atoms with Crippen LogP contribution < -0.4 is 10.8 Å². The summed E-state index contributed by atoms with van der Waals surface area (Å²) >= 11 is 0. The van der Waals surface area contributed by atoms with Crippen LogP contribution in [0.2, 0.25) is 0 Å². The van der Waals surface area contributed by atoms with Crippen molar-refractivity contribution in [3.8, 4) is 24.0 Å². The van der Waals surface area contributed by atoms with Gasteiger partial charge in [0.15, 0.2) is 0 Å². The number of nitrogens with zero attached hydrogens (tertiary/aromatic N) is 1. The molecular formula is C25H34N2O3. The number of hydrogen-bond acceptors (Lipinski definition) is 5. The quantitative estimate of drug-likeness (QED) is 0.207. The highest BCUT2D eigenvalue weighted by molar-refractivity contribution is 5.71. The van der Waals surface area contributed by atoms with Crippen molar-refractivity contribution in [3.63, 3.8) is 0 Å². The fraction of sp³-hybridized carbons (Fsp3) is 0.240. The number of hydrogen-bond donors (Lipinski definition) is 3. The lowest BCUT2D eigenvalue weighted by Crippen LogP contribution is -2.33. The maximum Gasteiger partial charge on any atom is 0.116 e. The van der Waals surface area contributed by atoms with Crippen LogP contribution in [-0.4, -0.2) is 29.7 Å². The molecule has 0 aliphatic carbocycles. The van der Waals surface area contributed by atoms with Crippen LogP contribution in [0.1, 0.15) is 31.4 Å². The maximum atomic E-state index is 9.40. The second kappa shape index (κ2) is 16.6. The zero-order valence-electron chi connectivity index (χ0n) is 18.2. The minimum Gasteiger partial charge on any atom is -0.508 e. The van der Waals surface area contributed by atoms with Gasteiger partial charge >= 0.3 is 0 Å². The first-order chi connectivity index (χ1) is 14.5. The fourth-order valence-corrected chi connectivity index (χ4v) is 2.96. The van der Waals surface area contributed by atoms with Gasteiger partial charge in [0.25, 0.3) is 0 Å². The molecule has 2 aromatic rings. The van der Waals surface area contributed by atoms with Gasteiger partial charge in [-0.1, -0.05) is 36.9 Å². The second-order valence-electron chi connectivity index (χ2n) is 6.10. The minimum atomic E-state index is 0.114. The highest BCUT2D eigenvalue weighted by atomic mass is 16.4. The van der Waals surface area contributed by atoms with Crippen molar-refractivity contribution in [3.05, 3.63) is 73.3 Å². The first kappa shape index (κ1) is 28.9. The molecule has 0 fully saturated rings. The van der Waals surface area contributed by atoms with Crippen LogP contribution in [0.25, 0.3) is 16.9 Å². The molecule has 1 atom stereocenters. The Hall–Kier alpha value is -3.33. The van der Waals surface area contributed by atoms with E-state index in [1.807, 2.05) is 24.3 Å². The van der Waals surface area contributed by atoms with Crippen LogP contribution in [0.3, 0.4) is 0 Å². The van der Waals surface area contributed by atoms with Gasteiger partial charge in [0.2, 0.25) is 0 Å². The predicted molar refractivity (Wildman–Crippen MR) is 129 cm³/mol. The summed E-state index contributed by atoms with van der Waals surface area (Å²) in [5.74, 6) is 3.61. The predicted octanol–water partition coefficient (Wildman–Crippen LogP) is 5.24. The van der Waals surface area contributed by atoms with Gasteiger partial charge in [-0.3, -0.25) is 0 Å². The first-order valence-electron chi connectivity index (χ1n) is 9.31. The van der Waals surface area contributed by atoms with Crippen LogP contribution >= 0.6 is 0 Å². The molecule has 162 valence electrons. The van der Waals surface area contributed by atoms with Crippen molar-refractivity contribution in [1.82, 2.24) is 0 Å². The van der Waals surface area contributed by atoms with Crippen molar-refractivity contribution in [1.29, 1.82) is 0 Å². The molecule has 0 radical (unpaired) electrons. The van der Waals surface area contributed by atoms with Gasteiger partial charge in [0, 0.05) is 24.3 Å². The Labute approximate surface area is 181 Å². The number of terminal acetylenes is 1. The molecule has 0 amide bonds. The van der Waals surface area contributed by atoms with Crippen molar-refractivity contribution in [2.24, 2.45) is 5.90 Å². The lowest BCUT2D eigenvalue weighted by molar-refractivity contribution is -0.106. The molecule has 30 heavy (non-hydrogen) atoms. The van der Waals surface area contributed by atoms with E-state index >= 15 is 0 Å².